The predicted octanol–water partition coefficient (Wildman–Crippen LogP) is 2.75. The van der Waals surface area contributed by atoms with Crippen LogP contribution in [0.1, 0.15) is 40.5 Å². The van der Waals surface area contributed by atoms with Crippen LogP contribution in [0.25, 0.3) is 0 Å². The molecule has 0 saturated carbocycles. The van der Waals surface area contributed by atoms with E-state index in [2.05, 4.69) is 27.7 Å². The summed E-state index contributed by atoms with van der Waals surface area (Å²) in [4.78, 5) is 0. The van der Waals surface area contributed by atoms with Crippen LogP contribution in [0.15, 0.2) is 0 Å². The molecule has 0 aromatic heterocycles. The molecule has 0 aromatic carbocycles. The van der Waals surface area contributed by atoms with Gasteiger partial charge in [0.05, 0.1) is 0 Å². The second kappa shape index (κ2) is 6.13. The van der Waals surface area contributed by atoms with Crippen LogP contribution in [0, 0.1) is 0 Å². The second-order valence-electron chi connectivity index (χ2n) is 3.37. The van der Waals surface area contributed by atoms with E-state index in [0.29, 0.717) is 34.1 Å². The molecular weight excluding hydrogens is 351 g/mol. The second-order valence-corrected chi connectivity index (χ2v) is 16.9. The van der Waals surface area contributed by atoms with E-state index < -0.39 is 0 Å². The van der Waals surface area contributed by atoms with Gasteiger partial charge in [-0.3, -0.25) is 0 Å². The summed E-state index contributed by atoms with van der Waals surface area (Å²) in [7, 11) is 0. The Bertz CT molecular complexity index is 73.8. The summed E-state index contributed by atoms with van der Waals surface area (Å²) in [6.45, 7) is 9.52. The molecule has 0 N–H and O–H groups in total. The molecule has 0 unspecified atom stereocenters. The van der Waals surface area contributed by atoms with Crippen molar-refractivity contribution >= 4 is 34.1 Å². The normalized spacial score (nSPS) is 12.0. The summed E-state index contributed by atoms with van der Waals surface area (Å²) in [5.74, 6) is 0. The van der Waals surface area contributed by atoms with Crippen molar-refractivity contribution < 1.29 is 0 Å². The molecule has 0 aliphatic rings. The molecule has 0 heterocycles. The molecule has 0 bridgehead atoms. The monoisotopic (exact) mass is 374 g/mol. The van der Waals surface area contributed by atoms with Gasteiger partial charge in [-0.2, -0.15) is 0 Å². The summed E-state index contributed by atoms with van der Waals surface area (Å²) >= 11 is 0.931. The van der Waals surface area contributed by atoms with Gasteiger partial charge in [-0.05, 0) is 0 Å². The molecule has 0 aromatic rings. The molecule has 0 radical (unpaired) electrons. The molecular formula is C8H18Te2. The van der Waals surface area contributed by atoms with Crippen LogP contribution in [0.3, 0.4) is 0 Å². The molecule has 0 spiro atoms. The van der Waals surface area contributed by atoms with Crippen LogP contribution in [0.4, 0.5) is 0 Å². The summed E-state index contributed by atoms with van der Waals surface area (Å²) in [5.41, 5.74) is 0. The third-order valence-electron chi connectivity index (χ3n) is 0.890. The molecule has 0 saturated heterocycles. The van der Waals surface area contributed by atoms with Gasteiger partial charge >= 0.3 is 82.6 Å². The molecule has 0 nitrogen and oxygen atoms in total. The van der Waals surface area contributed by atoms with Crippen molar-refractivity contribution in [3.8, 4) is 0 Å². The Morgan fingerprint density at radius 3 is 2.20 bits per heavy atom. The number of unbranched alkanes of at least 4 members (excludes halogenated alkanes) is 1. The molecule has 0 rings (SSSR count). The summed E-state index contributed by atoms with van der Waals surface area (Å²) in [6.07, 6.45) is 2.91. The molecule has 0 fully saturated rings. The van der Waals surface area contributed by atoms with Crippen molar-refractivity contribution in [1.82, 2.24) is 0 Å². The first-order valence-electron chi connectivity index (χ1n) is 3.87. The van der Waals surface area contributed by atoms with Crippen molar-refractivity contribution in [1.29, 1.82) is 0 Å². The Hall–Kier alpha value is 1.58. The molecule has 62 valence electrons. The van der Waals surface area contributed by atoms with Crippen molar-refractivity contribution in [2.45, 2.75) is 48.5 Å². The Balaban J connectivity index is 3.04. The van der Waals surface area contributed by atoms with E-state index in [9.17, 15) is 0 Å². The first kappa shape index (κ1) is 11.6. The third-order valence-corrected chi connectivity index (χ3v) is 19.0. The zero-order valence-corrected chi connectivity index (χ0v) is 12.1. The maximum absolute atomic E-state index is 2.41. The van der Waals surface area contributed by atoms with E-state index in [1.165, 1.54) is 12.8 Å². The van der Waals surface area contributed by atoms with Gasteiger partial charge < -0.3 is 0 Å². The number of hydrogen-bond acceptors (Lipinski definition) is 0. The third kappa shape index (κ3) is 9.58. The van der Waals surface area contributed by atoms with Crippen LogP contribution in [-0.2, 0) is 0 Å². The van der Waals surface area contributed by atoms with Crippen molar-refractivity contribution in [3.05, 3.63) is 0 Å². The van der Waals surface area contributed by atoms with Gasteiger partial charge in [-0.25, -0.2) is 0 Å². The van der Waals surface area contributed by atoms with E-state index in [0.717, 1.165) is 3.46 Å². The van der Waals surface area contributed by atoms with Gasteiger partial charge in [0, 0.05) is 0 Å². The minimum atomic E-state index is 0.433. The van der Waals surface area contributed by atoms with Crippen LogP contribution in [-0.4, -0.2) is 34.1 Å². The fraction of sp³-hybridized carbons (Fsp3) is 1.00. The summed E-state index contributed by atoms with van der Waals surface area (Å²) in [5, 5.41) is 0. The summed E-state index contributed by atoms with van der Waals surface area (Å²) < 4.78 is 2.35. The molecule has 0 aliphatic carbocycles. The fourth-order valence-electron chi connectivity index (χ4n) is 0.422. The van der Waals surface area contributed by atoms with Gasteiger partial charge in [0.15, 0.2) is 0 Å². The van der Waals surface area contributed by atoms with Gasteiger partial charge in [-0.15, -0.1) is 0 Å². The first-order chi connectivity index (χ1) is 4.56. The Morgan fingerprint density at radius 2 is 1.80 bits per heavy atom. The van der Waals surface area contributed by atoms with Crippen LogP contribution in [0.2, 0.25) is 7.93 Å². The SMILES string of the molecule is CCCC[Te][Te]C(C)(C)C. The van der Waals surface area contributed by atoms with Gasteiger partial charge in [0.2, 0.25) is 0 Å². The molecule has 2 heteroatoms. The molecule has 0 aliphatic heterocycles. The van der Waals surface area contributed by atoms with Gasteiger partial charge in [0.25, 0.3) is 0 Å². The van der Waals surface area contributed by atoms with Gasteiger partial charge in [0.1, 0.15) is 0 Å². The zero-order chi connectivity index (χ0) is 8.04. The topological polar surface area (TPSA) is 0 Å². The zero-order valence-electron chi connectivity index (χ0n) is 7.44. The van der Waals surface area contributed by atoms with Gasteiger partial charge in [-0.1, -0.05) is 0 Å². The Kier molecular flexibility index (Phi) is 7.10. The minimum absolute atomic E-state index is 0.433. The maximum atomic E-state index is 2.41. The Labute approximate surface area is 81.9 Å². The van der Waals surface area contributed by atoms with Crippen LogP contribution < -0.4 is 0 Å². The average Bonchev–Trinajstić information content (AvgIpc) is 1.78. The molecule has 0 amide bonds. The van der Waals surface area contributed by atoms with E-state index in [1.54, 1.807) is 4.47 Å². The van der Waals surface area contributed by atoms with Crippen LogP contribution >= 0.6 is 0 Å². The fourth-order valence-corrected chi connectivity index (χ4v) is 13.4. The Morgan fingerprint density at radius 1 is 1.20 bits per heavy atom. The number of hydrogen-bond donors (Lipinski definition) is 0. The van der Waals surface area contributed by atoms with Crippen LogP contribution in [0.5, 0.6) is 0 Å². The van der Waals surface area contributed by atoms with E-state index >= 15 is 0 Å². The standard InChI is InChI=1S/C8H18Te2/c1-5-6-7-9-10-8(2,3)4/h5-7H2,1-4H3. The predicted molar refractivity (Wildman–Crippen MR) is 50.9 cm³/mol. The quantitative estimate of drug-likeness (QED) is 0.528. The molecule has 10 heavy (non-hydrogen) atoms. The van der Waals surface area contributed by atoms with E-state index in [-0.39, 0.29) is 0 Å². The van der Waals surface area contributed by atoms with Crippen molar-refractivity contribution in [2.24, 2.45) is 0 Å². The van der Waals surface area contributed by atoms with Crippen molar-refractivity contribution in [3.63, 3.8) is 0 Å². The molecule has 0 atom stereocenters. The average molecular weight is 369 g/mol. The summed E-state index contributed by atoms with van der Waals surface area (Å²) in [6, 6.07) is 0. The number of rotatable bonds is 4. The van der Waals surface area contributed by atoms with E-state index in [1.807, 2.05) is 0 Å². The first-order valence-corrected chi connectivity index (χ1v) is 14.0. The van der Waals surface area contributed by atoms with E-state index in [4.69, 9.17) is 0 Å². The van der Waals surface area contributed by atoms with Crippen molar-refractivity contribution in [2.75, 3.05) is 0 Å².